The van der Waals surface area contributed by atoms with Gasteiger partial charge in [-0.3, -0.25) is 9.59 Å². The molecule has 2 saturated heterocycles. The Morgan fingerprint density at radius 3 is 2.10 bits per heavy atom. The first-order valence-corrected chi connectivity index (χ1v) is 14.1. The molecule has 6 nitrogen and oxygen atoms in total. The summed E-state index contributed by atoms with van der Waals surface area (Å²) in [6.07, 6.45) is 3.89. The van der Waals surface area contributed by atoms with Gasteiger partial charge in [0.05, 0.1) is 28.7 Å². The van der Waals surface area contributed by atoms with Crippen molar-refractivity contribution < 1.29 is 14.0 Å². The van der Waals surface area contributed by atoms with E-state index < -0.39 is 5.82 Å². The van der Waals surface area contributed by atoms with Gasteiger partial charge in [-0.1, -0.05) is 54.1 Å². The number of rotatable bonds is 5. The quantitative estimate of drug-likeness (QED) is 0.289. The number of hydrogen-bond acceptors (Lipinski definition) is 3. The molecule has 0 aliphatic carbocycles. The van der Waals surface area contributed by atoms with Crippen molar-refractivity contribution in [2.24, 2.45) is 0 Å². The standard InChI is InChI=1S/C32H30ClFN4O2/c33-25-10-12-26(13-11-25)38-30(23-14-17-36(18-15-23)31(39)27-8-4-5-9-29(27)34)28(20-35-38)32(40)37-19-16-24(21-37)22-6-2-1-3-7-22/h1-13,20,23-24H,14-19,21H2/t24-/m0/s1. The number of halogens is 2. The molecule has 2 aliphatic heterocycles. The Balaban J connectivity index is 1.26. The molecule has 1 atom stereocenters. The summed E-state index contributed by atoms with van der Waals surface area (Å²) in [5.41, 5.74) is 3.62. The predicted molar refractivity (Wildman–Crippen MR) is 153 cm³/mol. The number of nitrogens with zero attached hydrogens (tertiary/aromatic N) is 4. The van der Waals surface area contributed by atoms with Crippen molar-refractivity contribution in [2.45, 2.75) is 31.1 Å². The van der Waals surface area contributed by atoms with Crippen LogP contribution in [0.4, 0.5) is 4.39 Å². The highest BCUT2D eigenvalue weighted by molar-refractivity contribution is 6.30. The minimum Gasteiger partial charge on any atom is -0.339 e. The lowest BCUT2D eigenvalue weighted by atomic mass is 9.90. The summed E-state index contributed by atoms with van der Waals surface area (Å²) in [6.45, 7) is 2.30. The zero-order chi connectivity index (χ0) is 27.6. The van der Waals surface area contributed by atoms with Crippen molar-refractivity contribution >= 4 is 23.4 Å². The largest absolute Gasteiger partial charge is 0.339 e. The van der Waals surface area contributed by atoms with Crippen molar-refractivity contribution in [1.82, 2.24) is 19.6 Å². The summed E-state index contributed by atoms with van der Waals surface area (Å²) < 4.78 is 16.1. The first kappa shape index (κ1) is 26.3. The number of piperidine rings is 1. The Kier molecular flexibility index (Phi) is 7.39. The second kappa shape index (κ2) is 11.3. The number of benzene rings is 3. The third kappa shape index (κ3) is 5.13. The second-order valence-electron chi connectivity index (χ2n) is 10.5. The Morgan fingerprint density at radius 2 is 1.38 bits per heavy atom. The fourth-order valence-electron chi connectivity index (χ4n) is 5.98. The Morgan fingerprint density at radius 1 is 0.750 bits per heavy atom. The highest BCUT2D eigenvalue weighted by Gasteiger charge is 2.35. The molecule has 0 unspecified atom stereocenters. The van der Waals surface area contributed by atoms with Crippen LogP contribution in [0.25, 0.3) is 5.69 Å². The van der Waals surface area contributed by atoms with Crippen LogP contribution in [0.2, 0.25) is 5.02 Å². The molecule has 3 aromatic carbocycles. The van der Waals surface area contributed by atoms with Gasteiger partial charge in [0.1, 0.15) is 5.82 Å². The molecule has 0 bridgehead atoms. The van der Waals surface area contributed by atoms with Crippen LogP contribution < -0.4 is 0 Å². The maximum atomic E-state index is 14.3. The van der Waals surface area contributed by atoms with Crippen LogP contribution in [-0.2, 0) is 0 Å². The molecule has 1 aromatic heterocycles. The van der Waals surface area contributed by atoms with E-state index in [0.717, 1.165) is 17.8 Å². The Hall–Kier alpha value is -3.97. The molecule has 0 spiro atoms. The summed E-state index contributed by atoms with van der Waals surface area (Å²) in [5, 5.41) is 5.29. The summed E-state index contributed by atoms with van der Waals surface area (Å²) in [5.74, 6) is -0.508. The number of aromatic nitrogens is 2. The van der Waals surface area contributed by atoms with Crippen molar-refractivity contribution in [3.63, 3.8) is 0 Å². The van der Waals surface area contributed by atoms with E-state index in [-0.39, 0.29) is 23.3 Å². The van der Waals surface area contributed by atoms with E-state index in [9.17, 15) is 14.0 Å². The fourth-order valence-corrected chi connectivity index (χ4v) is 6.10. The zero-order valence-corrected chi connectivity index (χ0v) is 22.8. The molecule has 2 amide bonds. The zero-order valence-electron chi connectivity index (χ0n) is 22.0. The van der Waals surface area contributed by atoms with Crippen LogP contribution in [0.1, 0.15) is 63.1 Å². The topological polar surface area (TPSA) is 58.4 Å². The Labute approximate surface area is 238 Å². The lowest BCUT2D eigenvalue weighted by molar-refractivity contribution is 0.0702. The lowest BCUT2D eigenvalue weighted by Crippen LogP contribution is -2.39. The third-order valence-corrected chi connectivity index (χ3v) is 8.38. The van der Waals surface area contributed by atoms with Crippen molar-refractivity contribution in [1.29, 1.82) is 0 Å². The second-order valence-corrected chi connectivity index (χ2v) is 11.0. The van der Waals surface area contributed by atoms with E-state index in [0.29, 0.717) is 55.5 Å². The minimum absolute atomic E-state index is 0.00863. The minimum atomic E-state index is -0.511. The maximum Gasteiger partial charge on any atom is 0.257 e. The summed E-state index contributed by atoms with van der Waals surface area (Å²) in [4.78, 5) is 30.6. The van der Waals surface area contributed by atoms with Gasteiger partial charge in [-0.15, -0.1) is 0 Å². The van der Waals surface area contributed by atoms with Gasteiger partial charge in [-0.25, -0.2) is 9.07 Å². The summed E-state index contributed by atoms with van der Waals surface area (Å²) >= 11 is 6.15. The average molecular weight is 557 g/mol. The molecule has 6 rings (SSSR count). The van der Waals surface area contributed by atoms with Crippen LogP contribution in [0.3, 0.4) is 0 Å². The van der Waals surface area contributed by atoms with Gasteiger partial charge in [0, 0.05) is 43.0 Å². The van der Waals surface area contributed by atoms with Gasteiger partial charge < -0.3 is 9.80 Å². The normalized spacial score (nSPS) is 17.8. The molecule has 0 radical (unpaired) electrons. The molecule has 8 heteroatoms. The highest BCUT2D eigenvalue weighted by Crippen LogP contribution is 2.35. The molecule has 2 aliphatic rings. The van der Waals surface area contributed by atoms with E-state index in [1.807, 2.05) is 52.0 Å². The van der Waals surface area contributed by atoms with E-state index in [1.54, 1.807) is 23.2 Å². The highest BCUT2D eigenvalue weighted by atomic mass is 35.5. The van der Waals surface area contributed by atoms with Crippen LogP contribution in [0, 0.1) is 5.82 Å². The van der Waals surface area contributed by atoms with Gasteiger partial charge in [-0.2, -0.15) is 5.10 Å². The van der Waals surface area contributed by atoms with Crippen LogP contribution >= 0.6 is 11.6 Å². The summed E-state index contributed by atoms with van der Waals surface area (Å²) in [7, 11) is 0. The molecule has 4 aromatic rings. The van der Waals surface area contributed by atoms with Gasteiger partial charge >= 0.3 is 0 Å². The Bertz CT molecular complexity index is 1510. The fraction of sp³-hybridized carbons (Fsp3) is 0.281. The molecular weight excluding hydrogens is 527 g/mol. The molecule has 2 fully saturated rings. The van der Waals surface area contributed by atoms with Gasteiger partial charge in [0.2, 0.25) is 0 Å². The first-order chi connectivity index (χ1) is 19.5. The molecule has 0 N–H and O–H groups in total. The number of amides is 2. The van der Waals surface area contributed by atoms with Gasteiger partial charge in [0.25, 0.3) is 11.8 Å². The van der Waals surface area contributed by atoms with E-state index in [2.05, 4.69) is 17.2 Å². The van der Waals surface area contributed by atoms with Crippen molar-refractivity contribution in [3.05, 3.63) is 118 Å². The SMILES string of the molecule is O=C(c1ccccc1F)N1CCC(c2c(C(=O)N3CC[C@H](c4ccccc4)C3)cnn2-c2ccc(Cl)cc2)CC1. The number of carbonyl (C=O) groups excluding carboxylic acids is 2. The molecule has 204 valence electrons. The van der Waals surface area contributed by atoms with E-state index >= 15 is 0 Å². The molecule has 3 heterocycles. The van der Waals surface area contributed by atoms with Gasteiger partial charge in [0.15, 0.2) is 0 Å². The number of hydrogen-bond donors (Lipinski definition) is 0. The molecule has 40 heavy (non-hydrogen) atoms. The average Bonchev–Trinajstić information content (AvgIpc) is 3.66. The molecular formula is C32H30ClFN4O2. The van der Waals surface area contributed by atoms with Crippen LogP contribution in [0.15, 0.2) is 85.1 Å². The smallest absolute Gasteiger partial charge is 0.257 e. The first-order valence-electron chi connectivity index (χ1n) is 13.7. The van der Waals surface area contributed by atoms with Crippen LogP contribution in [0.5, 0.6) is 0 Å². The lowest BCUT2D eigenvalue weighted by Gasteiger charge is -2.33. The third-order valence-electron chi connectivity index (χ3n) is 8.13. The number of carbonyl (C=O) groups is 2. The van der Waals surface area contributed by atoms with Crippen molar-refractivity contribution in [2.75, 3.05) is 26.2 Å². The van der Waals surface area contributed by atoms with Gasteiger partial charge in [-0.05, 0) is 61.2 Å². The summed E-state index contributed by atoms with van der Waals surface area (Å²) in [6, 6.07) is 23.8. The van der Waals surface area contributed by atoms with E-state index in [1.165, 1.54) is 17.7 Å². The molecule has 0 saturated carbocycles. The number of likely N-dealkylation sites (tertiary alicyclic amines) is 2. The maximum absolute atomic E-state index is 14.3. The van der Waals surface area contributed by atoms with Crippen molar-refractivity contribution in [3.8, 4) is 5.69 Å². The monoisotopic (exact) mass is 556 g/mol. The predicted octanol–water partition coefficient (Wildman–Crippen LogP) is 6.31. The van der Waals surface area contributed by atoms with E-state index in [4.69, 9.17) is 11.6 Å². The van der Waals surface area contributed by atoms with Crippen LogP contribution in [-0.4, -0.2) is 57.6 Å².